The predicted octanol–water partition coefficient (Wildman–Crippen LogP) is 4.83. The maximum absolute atomic E-state index is 13.8. The van der Waals surface area contributed by atoms with Crippen molar-refractivity contribution < 1.29 is 4.39 Å². The molecular weight excluding hydrogens is 225 g/mol. The zero-order chi connectivity index (χ0) is 14.0. The summed E-state index contributed by atoms with van der Waals surface area (Å²) in [4.78, 5) is 2.13. The summed E-state index contributed by atoms with van der Waals surface area (Å²) in [7, 11) is 2.03. The van der Waals surface area contributed by atoms with Gasteiger partial charge in [-0.25, -0.2) is 4.39 Å². The fourth-order valence-corrected chi connectivity index (χ4v) is 1.98. The van der Waals surface area contributed by atoms with Crippen LogP contribution in [0.3, 0.4) is 0 Å². The van der Waals surface area contributed by atoms with Gasteiger partial charge in [0.25, 0.3) is 0 Å². The zero-order valence-corrected chi connectivity index (χ0v) is 13.0. The van der Waals surface area contributed by atoms with Crippen molar-refractivity contribution >= 4 is 0 Å². The summed E-state index contributed by atoms with van der Waals surface area (Å²) in [6, 6.07) is 0. The Labute approximate surface area is 113 Å². The number of allylic oxidation sites excluding steroid dienone is 1. The molecule has 0 bridgehead atoms. The van der Waals surface area contributed by atoms with Crippen molar-refractivity contribution in [2.75, 3.05) is 20.1 Å². The molecule has 0 aliphatic carbocycles. The lowest BCUT2D eigenvalue weighted by molar-refractivity contribution is 0.167. The van der Waals surface area contributed by atoms with Crippen LogP contribution in [0.2, 0.25) is 0 Å². The molecule has 0 aliphatic heterocycles. The van der Waals surface area contributed by atoms with E-state index in [0.29, 0.717) is 6.54 Å². The van der Waals surface area contributed by atoms with Gasteiger partial charge >= 0.3 is 0 Å². The van der Waals surface area contributed by atoms with Gasteiger partial charge < -0.3 is 4.90 Å². The topological polar surface area (TPSA) is 3.24 Å². The highest BCUT2D eigenvalue weighted by Gasteiger charge is 2.16. The van der Waals surface area contributed by atoms with Crippen molar-refractivity contribution in [3.05, 3.63) is 11.6 Å². The Kier molecular flexibility index (Phi) is 10.3. The van der Waals surface area contributed by atoms with Gasteiger partial charge in [-0.05, 0) is 39.2 Å². The third-order valence-electron chi connectivity index (χ3n) is 3.82. The summed E-state index contributed by atoms with van der Waals surface area (Å²) < 4.78 is 13.8. The number of hydrogen-bond donors (Lipinski definition) is 0. The minimum absolute atomic E-state index is 0.175. The van der Waals surface area contributed by atoms with E-state index in [-0.39, 0.29) is 5.92 Å². The summed E-state index contributed by atoms with van der Waals surface area (Å²) in [6.07, 6.45) is 7.25. The van der Waals surface area contributed by atoms with Crippen molar-refractivity contribution in [2.24, 2.45) is 5.92 Å². The molecule has 0 radical (unpaired) electrons. The number of unbranched alkanes of at least 4 members (excludes halogenated alkanes) is 1. The Bertz CT molecular complexity index is 225. The number of nitrogens with zero attached hydrogens (tertiary/aromatic N) is 1. The minimum atomic E-state index is -0.690. The monoisotopic (exact) mass is 257 g/mol. The van der Waals surface area contributed by atoms with Crippen molar-refractivity contribution in [3.8, 4) is 0 Å². The Morgan fingerprint density at radius 3 is 2.44 bits per heavy atom. The fraction of sp³-hybridized carbons (Fsp3) is 0.875. The molecule has 2 atom stereocenters. The Balaban J connectivity index is 3.90. The van der Waals surface area contributed by atoms with Gasteiger partial charge in [-0.2, -0.15) is 0 Å². The molecule has 18 heavy (non-hydrogen) atoms. The molecule has 1 nitrogen and oxygen atoms in total. The standard InChI is InChI=1S/C16H32FN/c1-6-9-10-15(8-3)11-12-18(5)13-16(17)14(4)7-2/h8,14,16H,6-7,9-13H2,1-5H3/b15-8+. The minimum Gasteiger partial charge on any atom is -0.303 e. The maximum Gasteiger partial charge on any atom is 0.115 e. The van der Waals surface area contributed by atoms with Crippen molar-refractivity contribution in [3.63, 3.8) is 0 Å². The van der Waals surface area contributed by atoms with Crippen LogP contribution >= 0.6 is 0 Å². The van der Waals surface area contributed by atoms with Gasteiger partial charge in [0.2, 0.25) is 0 Å². The van der Waals surface area contributed by atoms with E-state index in [9.17, 15) is 4.39 Å². The Morgan fingerprint density at radius 1 is 1.28 bits per heavy atom. The van der Waals surface area contributed by atoms with Crippen molar-refractivity contribution in [2.45, 2.75) is 66.0 Å². The van der Waals surface area contributed by atoms with Crippen LogP contribution in [0, 0.1) is 5.92 Å². The van der Waals surface area contributed by atoms with Gasteiger partial charge in [0, 0.05) is 13.1 Å². The second-order valence-electron chi connectivity index (χ2n) is 5.46. The molecule has 0 aromatic carbocycles. The highest BCUT2D eigenvalue weighted by Crippen LogP contribution is 2.15. The third kappa shape index (κ3) is 7.86. The van der Waals surface area contributed by atoms with E-state index in [1.54, 1.807) is 0 Å². The molecule has 0 fully saturated rings. The lowest BCUT2D eigenvalue weighted by Crippen LogP contribution is -2.31. The first-order valence-corrected chi connectivity index (χ1v) is 7.51. The smallest absolute Gasteiger partial charge is 0.115 e. The zero-order valence-electron chi connectivity index (χ0n) is 13.0. The van der Waals surface area contributed by atoms with Gasteiger partial charge in [-0.1, -0.05) is 45.3 Å². The first-order valence-electron chi connectivity index (χ1n) is 7.51. The Hall–Kier alpha value is -0.370. The van der Waals surface area contributed by atoms with E-state index in [1.807, 2.05) is 14.0 Å². The average molecular weight is 257 g/mol. The predicted molar refractivity (Wildman–Crippen MR) is 79.7 cm³/mol. The van der Waals surface area contributed by atoms with E-state index in [1.165, 1.54) is 24.8 Å². The molecule has 0 aromatic heterocycles. The molecule has 2 unspecified atom stereocenters. The van der Waals surface area contributed by atoms with E-state index >= 15 is 0 Å². The summed E-state index contributed by atoms with van der Waals surface area (Å²) in [5, 5.41) is 0. The first-order chi connectivity index (χ1) is 8.54. The van der Waals surface area contributed by atoms with Crippen LogP contribution in [0.4, 0.5) is 4.39 Å². The molecule has 0 spiro atoms. The van der Waals surface area contributed by atoms with E-state index in [2.05, 4.69) is 31.7 Å². The molecule has 0 saturated carbocycles. The van der Waals surface area contributed by atoms with E-state index < -0.39 is 6.17 Å². The molecule has 108 valence electrons. The van der Waals surface area contributed by atoms with E-state index in [4.69, 9.17) is 0 Å². The normalized spacial score (nSPS) is 16.1. The largest absolute Gasteiger partial charge is 0.303 e. The molecule has 0 rings (SSSR count). The number of hydrogen-bond acceptors (Lipinski definition) is 1. The van der Waals surface area contributed by atoms with Gasteiger partial charge in [0.15, 0.2) is 0 Å². The molecule has 0 saturated heterocycles. The van der Waals surface area contributed by atoms with Crippen molar-refractivity contribution in [1.82, 2.24) is 4.90 Å². The third-order valence-corrected chi connectivity index (χ3v) is 3.82. The van der Waals surface area contributed by atoms with Gasteiger partial charge in [0.05, 0.1) is 0 Å². The van der Waals surface area contributed by atoms with Gasteiger partial charge in [0.1, 0.15) is 6.17 Å². The molecule has 2 heteroatoms. The van der Waals surface area contributed by atoms with Crippen LogP contribution in [-0.4, -0.2) is 31.2 Å². The lowest BCUT2D eigenvalue weighted by atomic mass is 10.0. The average Bonchev–Trinajstić information content (AvgIpc) is 2.37. The number of halogens is 1. The molecule has 0 heterocycles. The summed E-state index contributed by atoms with van der Waals surface area (Å²) in [6.45, 7) is 9.93. The second kappa shape index (κ2) is 10.5. The lowest BCUT2D eigenvalue weighted by Gasteiger charge is -2.23. The van der Waals surface area contributed by atoms with Crippen LogP contribution in [0.25, 0.3) is 0 Å². The van der Waals surface area contributed by atoms with Gasteiger partial charge in [-0.3, -0.25) is 0 Å². The maximum atomic E-state index is 13.8. The molecule has 0 aliphatic rings. The highest BCUT2D eigenvalue weighted by molar-refractivity contribution is 5.00. The first kappa shape index (κ1) is 17.6. The molecular formula is C16H32FN. The second-order valence-corrected chi connectivity index (χ2v) is 5.46. The highest BCUT2D eigenvalue weighted by atomic mass is 19.1. The summed E-state index contributed by atoms with van der Waals surface area (Å²) in [5.41, 5.74) is 1.52. The quantitative estimate of drug-likeness (QED) is 0.507. The van der Waals surface area contributed by atoms with Gasteiger partial charge in [-0.15, -0.1) is 0 Å². The van der Waals surface area contributed by atoms with Crippen LogP contribution in [-0.2, 0) is 0 Å². The molecule has 0 N–H and O–H groups in total. The Morgan fingerprint density at radius 2 is 1.94 bits per heavy atom. The molecule has 0 amide bonds. The molecule has 0 aromatic rings. The van der Waals surface area contributed by atoms with E-state index in [0.717, 1.165) is 19.4 Å². The number of alkyl halides is 1. The van der Waals surface area contributed by atoms with Crippen LogP contribution in [0.1, 0.15) is 59.8 Å². The fourth-order valence-electron chi connectivity index (χ4n) is 1.98. The SMILES string of the molecule is C/C=C(\CCCC)CCN(C)CC(F)C(C)CC. The summed E-state index contributed by atoms with van der Waals surface area (Å²) >= 11 is 0. The van der Waals surface area contributed by atoms with Crippen LogP contribution in [0.15, 0.2) is 11.6 Å². The van der Waals surface area contributed by atoms with Crippen LogP contribution in [0.5, 0.6) is 0 Å². The van der Waals surface area contributed by atoms with Crippen molar-refractivity contribution in [1.29, 1.82) is 0 Å². The number of rotatable bonds is 10. The van der Waals surface area contributed by atoms with Crippen LogP contribution < -0.4 is 0 Å². The summed E-state index contributed by atoms with van der Waals surface area (Å²) in [5.74, 6) is 0.175.